The van der Waals surface area contributed by atoms with Gasteiger partial charge in [0.25, 0.3) is 5.56 Å². The third kappa shape index (κ3) is 4.89. The molecule has 0 aliphatic heterocycles. The van der Waals surface area contributed by atoms with E-state index in [1.807, 2.05) is 61.5 Å². The maximum Gasteiger partial charge on any atom is 0.349 e. The molecule has 0 amide bonds. The van der Waals surface area contributed by atoms with Gasteiger partial charge in [0, 0.05) is 6.54 Å². The summed E-state index contributed by atoms with van der Waals surface area (Å²) in [5, 5.41) is 0.476. The zero-order valence-corrected chi connectivity index (χ0v) is 18.9. The summed E-state index contributed by atoms with van der Waals surface area (Å²) < 4.78 is 12.8. The Hall–Kier alpha value is -3.45. The van der Waals surface area contributed by atoms with E-state index in [2.05, 4.69) is 4.98 Å². The fourth-order valence-corrected chi connectivity index (χ4v) is 4.46. The quantitative estimate of drug-likeness (QED) is 0.283. The third-order valence-corrected chi connectivity index (χ3v) is 6.30. The molecular weight excluding hydrogens is 424 g/mol. The Labute approximate surface area is 190 Å². The fraction of sp³-hybridized carbons (Fsp3) is 0.240. The Morgan fingerprint density at radius 1 is 1.09 bits per heavy atom. The van der Waals surface area contributed by atoms with Gasteiger partial charge in [-0.2, -0.15) is 0 Å². The van der Waals surface area contributed by atoms with Gasteiger partial charge in [-0.15, -0.1) is 11.3 Å². The average molecular weight is 449 g/mol. The summed E-state index contributed by atoms with van der Waals surface area (Å²) >= 11 is 1.19. The highest BCUT2D eigenvalue weighted by atomic mass is 32.1. The first-order valence-corrected chi connectivity index (χ1v) is 11.2. The maximum atomic E-state index is 13.0. The lowest BCUT2D eigenvalue weighted by molar-refractivity contribution is 0.0478. The van der Waals surface area contributed by atoms with Crippen LogP contribution in [-0.2, 0) is 17.9 Å². The molecule has 2 aromatic heterocycles. The van der Waals surface area contributed by atoms with Crippen molar-refractivity contribution in [1.82, 2.24) is 9.55 Å². The Balaban J connectivity index is 1.43. The van der Waals surface area contributed by atoms with Crippen molar-refractivity contribution in [3.8, 4) is 5.75 Å². The number of hydrogen-bond donors (Lipinski definition) is 0. The van der Waals surface area contributed by atoms with E-state index in [9.17, 15) is 9.59 Å². The number of ether oxygens (including phenoxy) is 2. The Morgan fingerprint density at radius 3 is 2.69 bits per heavy atom. The lowest BCUT2D eigenvalue weighted by Crippen LogP contribution is -2.21. The highest BCUT2D eigenvalue weighted by Crippen LogP contribution is 2.27. The number of benzene rings is 2. The molecule has 0 saturated carbocycles. The van der Waals surface area contributed by atoms with Gasteiger partial charge in [0.15, 0.2) is 0 Å². The average Bonchev–Trinajstić information content (AvgIpc) is 3.14. The van der Waals surface area contributed by atoms with Gasteiger partial charge < -0.3 is 9.47 Å². The molecule has 0 bridgehead atoms. The molecule has 0 fully saturated rings. The highest BCUT2D eigenvalue weighted by molar-refractivity contribution is 7.20. The van der Waals surface area contributed by atoms with Gasteiger partial charge in [0.05, 0.1) is 18.3 Å². The van der Waals surface area contributed by atoms with Gasteiger partial charge in [0.1, 0.15) is 22.1 Å². The SMILES string of the molecule is Cc1cccc(OCCCn2cnc3sc(C(=O)OCc4ccccc4)c(C)c3c2=O)c1. The van der Waals surface area contributed by atoms with E-state index in [0.29, 0.717) is 40.2 Å². The van der Waals surface area contributed by atoms with Crippen LogP contribution in [0.1, 0.15) is 32.8 Å². The Morgan fingerprint density at radius 2 is 1.91 bits per heavy atom. The zero-order chi connectivity index (χ0) is 22.5. The molecule has 0 aliphatic carbocycles. The summed E-state index contributed by atoms with van der Waals surface area (Å²) in [5.41, 5.74) is 2.51. The molecule has 0 N–H and O–H groups in total. The van der Waals surface area contributed by atoms with E-state index in [-0.39, 0.29) is 12.2 Å². The van der Waals surface area contributed by atoms with Crippen molar-refractivity contribution in [3.63, 3.8) is 0 Å². The number of thiophene rings is 1. The minimum Gasteiger partial charge on any atom is -0.494 e. The topological polar surface area (TPSA) is 70.4 Å². The van der Waals surface area contributed by atoms with E-state index in [1.54, 1.807) is 11.5 Å². The molecule has 4 aromatic rings. The summed E-state index contributed by atoms with van der Waals surface area (Å²) in [6, 6.07) is 17.4. The molecule has 164 valence electrons. The number of esters is 1. The third-order valence-electron chi connectivity index (χ3n) is 5.12. The molecule has 0 saturated heterocycles. The molecule has 0 unspecified atom stereocenters. The summed E-state index contributed by atoms with van der Waals surface area (Å²) in [6.07, 6.45) is 2.20. The number of hydrogen-bond acceptors (Lipinski definition) is 6. The molecular formula is C25H24N2O4S. The molecule has 0 radical (unpaired) electrons. The van der Waals surface area contributed by atoms with Gasteiger partial charge in [0.2, 0.25) is 0 Å². The zero-order valence-electron chi connectivity index (χ0n) is 18.0. The Kier molecular flexibility index (Phi) is 6.66. The minimum atomic E-state index is -0.438. The van der Waals surface area contributed by atoms with Crippen molar-refractivity contribution in [3.05, 3.63) is 92.8 Å². The van der Waals surface area contributed by atoms with Crippen LogP contribution in [-0.4, -0.2) is 22.1 Å². The van der Waals surface area contributed by atoms with Crippen LogP contribution in [0.15, 0.2) is 65.7 Å². The number of carbonyl (C=O) groups is 1. The van der Waals surface area contributed by atoms with Gasteiger partial charge in [-0.05, 0) is 49.1 Å². The van der Waals surface area contributed by atoms with Crippen LogP contribution in [0.25, 0.3) is 10.2 Å². The van der Waals surface area contributed by atoms with Crippen molar-refractivity contribution >= 4 is 27.5 Å². The van der Waals surface area contributed by atoms with Crippen LogP contribution in [0.3, 0.4) is 0 Å². The second-order valence-corrected chi connectivity index (χ2v) is 8.56. The lowest BCUT2D eigenvalue weighted by Gasteiger charge is -2.08. The molecule has 6 nitrogen and oxygen atoms in total. The standard InChI is InChI=1S/C25H24N2O4S/c1-17-8-6-11-20(14-17)30-13-7-12-27-16-26-23-21(24(27)28)18(2)22(32-23)25(29)31-15-19-9-4-3-5-10-19/h3-6,8-11,14,16H,7,12-13,15H2,1-2H3. The number of rotatable bonds is 8. The molecule has 0 aliphatic rings. The Bertz CT molecular complexity index is 1290. The second kappa shape index (κ2) is 9.78. The predicted octanol–water partition coefficient (Wildman–Crippen LogP) is 4.90. The number of aromatic nitrogens is 2. The van der Waals surface area contributed by atoms with Crippen LogP contribution in [0.4, 0.5) is 0 Å². The first kappa shape index (κ1) is 21.8. The summed E-state index contributed by atoms with van der Waals surface area (Å²) in [4.78, 5) is 31.0. The summed E-state index contributed by atoms with van der Waals surface area (Å²) in [6.45, 7) is 4.95. The smallest absolute Gasteiger partial charge is 0.349 e. The van der Waals surface area contributed by atoms with Crippen molar-refractivity contribution in [2.45, 2.75) is 33.4 Å². The summed E-state index contributed by atoms with van der Waals surface area (Å²) in [7, 11) is 0. The molecule has 7 heteroatoms. The van der Waals surface area contributed by atoms with Crippen LogP contribution >= 0.6 is 11.3 Å². The number of carbonyl (C=O) groups excluding carboxylic acids is 1. The molecule has 2 heterocycles. The van der Waals surface area contributed by atoms with Crippen LogP contribution in [0.5, 0.6) is 5.75 Å². The van der Waals surface area contributed by atoms with Crippen molar-refractivity contribution in [2.75, 3.05) is 6.61 Å². The highest BCUT2D eigenvalue weighted by Gasteiger charge is 2.20. The largest absolute Gasteiger partial charge is 0.494 e. The normalized spacial score (nSPS) is 10.9. The van der Waals surface area contributed by atoms with Crippen molar-refractivity contribution in [1.29, 1.82) is 0 Å². The number of nitrogens with zero attached hydrogens (tertiary/aromatic N) is 2. The van der Waals surface area contributed by atoms with Crippen molar-refractivity contribution < 1.29 is 14.3 Å². The molecule has 0 spiro atoms. The number of aryl methyl sites for hydroxylation is 3. The van der Waals surface area contributed by atoms with E-state index >= 15 is 0 Å². The van der Waals surface area contributed by atoms with Gasteiger partial charge in [-0.1, -0.05) is 42.5 Å². The predicted molar refractivity (Wildman–Crippen MR) is 125 cm³/mol. The molecule has 0 atom stereocenters. The molecule has 32 heavy (non-hydrogen) atoms. The number of fused-ring (bicyclic) bond motifs is 1. The molecule has 4 rings (SSSR count). The lowest BCUT2D eigenvalue weighted by atomic mass is 10.2. The van der Waals surface area contributed by atoms with Gasteiger partial charge in [-0.25, -0.2) is 9.78 Å². The van der Waals surface area contributed by atoms with Crippen LogP contribution in [0, 0.1) is 13.8 Å². The second-order valence-electron chi connectivity index (χ2n) is 7.56. The minimum absolute atomic E-state index is 0.151. The van der Waals surface area contributed by atoms with Crippen LogP contribution < -0.4 is 10.3 Å². The van der Waals surface area contributed by atoms with Crippen LogP contribution in [0.2, 0.25) is 0 Å². The van der Waals surface area contributed by atoms with Gasteiger partial charge in [-0.3, -0.25) is 9.36 Å². The van der Waals surface area contributed by atoms with E-state index < -0.39 is 5.97 Å². The van der Waals surface area contributed by atoms with Crippen molar-refractivity contribution in [2.24, 2.45) is 0 Å². The van der Waals surface area contributed by atoms with Gasteiger partial charge >= 0.3 is 5.97 Å². The van der Waals surface area contributed by atoms with E-state index in [0.717, 1.165) is 16.9 Å². The summed E-state index contributed by atoms with van der Waals surface area (Å²) in [5.74, 6) is 0.380. The fourth-order valence-electron chi connectivity index (χ4n) is 3.43. The molecule has 2 aromatic carbocycles. The maximum absolute atomic E-state index is 13.0. The first-order chi connectivity index (χ1) is 15.5. The monoisotopic (exact) mass is 448 g/mol. The van der Waals surface area contributed by atoms with E-state index in [4.69, 9.17) is 9.47 Å². The van der Waals surface area contributed by atoms with E-state index in [1.165, 1.54) is 17.7 Å². The first-order valence-electron chi connectivity index (χ1n) is 10.4.